The number of nitrogens with zero attached hydrogens (tertiary/aromatic N) is 5. The number of fused-ring (bicyclic) bond motifs is 1. The highest BCUT2D eigenvalue weighted by atomic mass is 32.1. The van der Waals surface area contributed by atoms with Gasteiger partial charge in [-0.25, -0.2) is 9.78 Å². The number of anilines is 1. The number of nitrogens with one attached hydrogen (secondary N) is 1. The zero-order chi connectivity index (χ0) is 32.5. The van der Waals surface area contributed by atoms with Crippen LogP contribution in [0.2, 0.25) is 0 Å². The van der Waals surface area contributed by atoms with Crippen molar-refractivity contribution in [2.24, 2.45) is 5.16 Å². The van der Waals surface area contributed by atoms with Crippen LogP contribution in [0.4, 0.5) is 10.8 Å². The number of hydrogen-bond donors (Lipinski definition) is 3. The topological polar surface area (TPSA) is 220 Å². The number of amides is 3. The van der Waals surface area contributed by atoms with Crippen molar-refractivity contribution in [1.29, 1.82) is 0 Å². The van der Waals surface area contributed by atoms with Crippen LogP contribution < -0.4 is 11.1 Å². The molecule has 0 radical (unpaired) electrons. The van der Waals surface area contributed by atoms with Gasteiger partial charge in [0.15, 0.2) is 22.3 Å². The Hall–Kier alpha value is -5.32. The minimum absolute atomic E-state index is 0.0631. The molecule has 1 aliphatic carbocycles. The molecule has 4 heterocycles. The van der Waals surface area contributed by atoms with E-state index in [1.807, 2.05) is 0 Å². The van der Waals surface area contributed by atoms with Crippen molar-refractivity contribution in [2.75, 3.05) is 18.9 Å². The first-order chi connectivity index (χ1) is 22.1. The van der Waals surface area contributed by atoms with Gasteiger partial charge in [-0.1, -0.05) is 17.3 Å². The molecule has 3 amide bonds. The molecule has 3 fully saturated rings. The molecule has 0 unspecified atom stereocenters. The number of benzene rings is 1. The summed E-state index contributed by atoms with van der Waals surface area (Å²) in [6, 6.07) is 3.92. The third kappa shape index (κ3) is 6.00. The van der Waals surface area contributed by atoms with Gasteiger partial charge in [-0.3, -0.25) is 29.4 Å². The Balaban J connectivity index is 1.16. The van der Waals surface area contributed by atoms with Crippen molar-refractivity contribution in [3.8, 4) is 0 Å². The number of non-ortho nitro benzene ring substituents is 1. The maximum atomic E-state index is 13.3. The fraction of sp³-hybridized carbons (Fsp3) is 0.379. The maximum Gasteiger partial charge on any atom is 0.356 e. The molecule has 2 saturated heterocycles. The summed E-state index contributed by atoms with van der Waals surface area (Å²) < 4.78 is 5.77. The van der Waals surface area contributed by atoms with Crippen molar-refractivity contribution >= 4 is 51.6 Å². The van der Waals surface area contributed by atoms with E-state index < -0.39 is 40.5 Å². The number of nitrogen functional groups attached to an aromatic ring is 1. The van der Waals surface area contributed by atoms with E-state index in [4.69, 9.17) is 15.3 Å². The zero-order valence-electron chi connectivity index (χ0n) is 24.3. The Labute approximate surface area is 265 Å². The summed E-state index contributed by atoms with van der Waals surface area (Å²) in [5, 5.41) is 29.4. The lowest BCUT2D eigenvalue weighted by atomic mass is 9.92. The van der Waals surface area contributed by atoms with Crippen LogP contribution in [-0.2, 0) is 35.3 Å². The second kappa shape index (κ2) is 12.6. The van der Waals surface area contributed by atoms with Crippen LogP contribution in [0.15, 0.2) is 57.9 Å². The van der Waals surface area contributed by atoms with Crippen molar-refractivity contribution in [1.82, 2.24) is 20.1 Å². The van der Waals surface area contributed by atoms with E-state index in [9.17, 15) is 34.4 Å². The summed E-state index contributed by atoms with van der Waals surface area (Å²) in [6.07, 6.45) is 5.09. The molecule has 2 aromatic rings. The molecule has 16 nitrogen and oxygen atoms in total. The number of nitrogens with two attached hydrogens (primary N) is 1. The minimum atomic E-state index is -1.44. The number of aromatic nitrogens is 1. The van der Waals surface area contributed by atoms with Crippen molar-refractivity contribution in [3.05, 3.63) is 74.1 Å². The predicted octanol–water partition coefficient (Wildman–Crippen LogP) is 1.68. The van der Waals surface area contributed by atoms with E-state index in [1.165, 1.54) is 23.1 Å². The molecule has 3 aliphatic heterocycles. The zero-order valence-corrected chi connectivity index (χ0v) is 25.1. The van der Waals surface area contributed by atoms with E-state index in [0.29, 0.717) is 18.5 Å². The van der Waals surface area contributed by atoms with Crippen molar-refractivity contribution in [2.45, 2.75) is 56.8 Å². The van der Waals surface area contributed by atoms with Crippen molar-refractivity contribution in [3.63, 3.8) is 0 Å². The molecule has 240 valence electrons. The molecule has 1 aromatic heterocycles. The lowest BCUT2D eigenvalue weighted by Gasteiger charge is -2.49. The van der Waals surface area contributed by atoms with E-state index in [1.54, 1.807) is 17.5 Å². The summed E-state index contributed by atoms with van der Waals surface area (Å²) in [5.74, 6) is -3.34. The molecule has 2 atom stereocenters. The number of carbonyl (C=O) groups excluding carboxylic acids is 3. The smallest absolute Gasteiger partial charge is 0.356 e. The Morgan fingerprint density at radius 1 is 1.26 bits per heavy atom. The maximum absolute atomic E-state index is 13.3. The van der Waals surface area contributed by atoms with Gasteiger partial charge in [-0.2, -0.15) is 0 Å². The summed E-state index contributed by atoms with van der Waals surface area (Å²) in [5.41, 5.74) is 6.27. The Morgan fingerprint density at radius 3 is 2.65 bits per heavy atom. The predicted molar refractivity (Wildman–Crippen MR) is 161 cm³/mol. The second-order valence-corrected chi connectivity index (χ2v) is 12.0. The van der Waals surface area contributed by atoms with Crippen molar-refractivity contribution < 1.29 is 38.8 Å². The highest BCUT2D eigenvalue weighted by Gasteiger charge is 2.55. The molecular formula is C29H29N7O9S. The normalized spacial score (nSPS) is 22.5. The number of likely N-dealkylation sites (tertiary alicyclic amines) is 1. The van der Waals surface area contributed by atoms with E-state index in [-0.39, 0.29) is 58.7 Å². The summed E-state index contributed by atoms with van der Waals surface area (Å²) in [7, 11) is 0. The van der Waals surface area contributed by atoms with Crippen LogP contribution in [0, 0.1) is 10.1 Å². The number of carboxylic acids is 1. The number of ether oxygens (including phenoxy) is 1. The third-order valence-electron chi connectivity index (χ3n) is 8.21. The number of nitro benzene ring substituents is 1. The average molecular weight is 652 g/mol. The number of carbonyl (C=O) groups is 4. The summed E-state index contributed by atoms with van der Waals surface area (Å²) >= 11 is 1.11. The lowest BCUT2D eigenvalue weighted by Crippen LogP contribution is -2.73. The van der Waals surface area contributed by atoms with Crippen LogP contribution in [0.25, 0.3) is 0 Å². The fourth-order valence-electron chi connectivity index (χ4n) is 5.82. The van der Waals surface area contributed by atoms with Gasteiger partial charge >= 0.3 is 5.97 Å². The SMILES string of the molecule is Nc1nc(C(=NOC2CCCC2)C(=O)N[C@@H]2C(=O)N3C(C(=O)O)=C(C=C4CCN(Cc5ccc([N+](=O)[O-])cc5)C4=O)OC[C@H]23)cs1. The van der Waals surface area contributed by atoms with Crippen LogP contribution in [0.5, 0.6) is 0 Å². The number of aliphatic carboxylic acids is 1. The van der Waals surface area contributed by atoms with E-state index in [0.717, 1.165) is 41.9 Å². The van der Waals surface area contributed by atoms with E-state index in [2.05, 4.69) is 15.5 Å². The number of β-lactam (4-membered cyclic amide) rings is 1. The standard InChI is InChI=1S/C29H29N7O9S/c30-29-31-19(14-46-29)22(33-45-18-3-1-2-4-18)25(37)32-23-20-13-44-21(24(28(40)41)35(20)27(23)39)11-16-9-10-34(26(16)38)12-15-5-7-17(8-6-15)36(42)43/h5-8,11,14,18,20,23H,1-4,9-10,12-13H2,(H2,30,31)(H,32,37)(H,40,41)/t20-,23+/m1/s1. The van der Waals surface area contributed by atoms with Crippen LogP contribution in [0.3, 0.4) is 0 Å². The molecule has 46 heavy (non-hydrogen) atoms. The molecular weight excluding hydrogens is 622 g/mol. The molecule has 17 heteroatoms. The number of hydrogen-bond acceptors (Lipinski definition) is 12. The Bertz CT molecular complexity index is 1690. The number of oxime groups is 1. The highest BCUT2D eigenvalue weighted by Crippen LogP contribution is 2.35. The Kier molecular flexibility index (Phi) is 8.40. The van der Waals surface area contributed by atoms with Gasteiger partial charge in [0.2, 0.25) is 5.91 Å². The van der Waals surface area contributed by atoms with E-state index >= 15 is 0 Å². The minimum Gasteiger partial charge on any atom is -0.489 e. The number of thiazole rings is 1. The Morgan fingerprint density at radius 2 is 2.00 bits per heavy atom. The van der Waals surface area contributed by atoms with Crippen LogP contribution in [-0.4, -0.2) is 85.6 Å². The first-order valence-electron chi connectivity index (χ1n) is 14.5. The molecule has 1 saturated carbocycles. The van der Waals surface area contributed by atoms with Gasteiger partial charge in [0, 0.05) is 36.2 Å². The van der Waals surface area contributed by atoms with Gasteiger partial charge in [0.25, 0.3) is 17.5 Å². The first-order valence-corrected chi connectivity index (χ1v) is 15.4. The van der Waals surface area contributed by atoms with Gasteiger partial charge in [0.05, 0.1) is 4.92 Å². The number of rotatable bonds is 10. The molecule has 0 spiro atoms. The number of nitro groups is 1. The van der Waals surface area contributed by atoms with Gasteiger partial charge < -0.3 is 30.6 Å². The molecule has 0 bridgehead atoms. The third-order valence-corrected chi connectivity index (χ3v) is 8.88. The fourth-order valence-corrected chi connectivity index (χ4v) is 6.36. The summed E-state index contributed by atoms with van der Waals surface area (Å²) in [4.78, 5) is 74.7. The largest absolute Gasteiger partial charge is 0.489 e. The number of allylic oxidation sites excluding steroid dienone is 1. The lowest BCUT2D eigenvalue weighted by molar-refractivity contribution is -0.384. The second-order valence-electron chi connectivity index (χ2n) is 11.1. The van der Waals surface area contributed by atoms with Crippen LogP contribution in [0.1, 0.15) is 43.4 Å². The molecule has 6 rings (SSSR count). The van der Waals surface area contributed by atoms with Gasteiger partial charge in [-0.05, 0) is 43.7 Å². The average Bonchev–Trinajstić information content (AvgIpc) is 3.79. The van der Waals surface area contributed by atoms with Gasteiger partial charge in [0.1, 0.15) is 30.5 Å². The summed E-state index contributed by atoms with van der Waals surface area (Å²) in [6.45, 7) is 0.413. The van der Waals surface area contributed by atoms with Gasteiger partial charge in [-0.15, -0.1) is 11.3 Å². The monoisotopic (exact) mass is 651 g/mol. The molecule has 1 aromatic carbocycles. The highest BCUT2D eigenvalue weighted by molar-refractivity contribution is 7.13. The first kappa shape index (κ1) is 30.7. The quantitative estimate of drug-likeness (QED) is 0.110. The van der Waals surface area contributed by atoms with Crippen LogP contribution >= 0.6 is 11.3 Å². The molecule has 4 aliphatic rings. The number of carboxylic acid groups (broad SMARTS) is 1. The molecule has 4 N–H and O–H groups in total.